The molecule has 2 N–H and O–H groups in total. The van der Waals surface area contributed by atoms with Gasteiger partial charge in [-0.25, -0.2) is 4.39 Å². The van der Waals surface area contributed by atoms with Gasteiger partial charge in [-0.05, 0) is 31.0 Å². The van der Waals surface area contributed by atoms with Gasteiger partial charge in [-0.1, -0.05) is 12.1 Å². The van der Waals surface area contributed by atoms with Crippen LogP contribution in [-0.2, 0) is 0 Å². The van der Waals surface area contributed by atoms with Gasteiger partial charge < -0.3 is 10.2 Å². The Morgan fingerprint density at radius 1 is 1.31 bits per heavy atom. The van der Waals surface area contributed by atoms with E-state index in [0.717, 1.165) is 0 Å². The largest absolute Gasteiger partial charge is 0.390 e. The lowest BCUT2D eigenvalue weighted by Crippen LogP contribution is -2.13. The van der Waals surface area contributed by atoms with Gasteiger partial charge in [0.15, 0.2) is 0 Å². The number of benzene rings is 1. The molecule has 0 saturated carbocycles. The number of rotatable bonds is 2. The maximum absolute atomic E-state index is 13.0. The SMILES string of the molecule is Cc1ccc(C(O)C(C)O)cc1F. The number of aliphatic hydroxyl groups excluding tert-OH is 2. The summed E-state index contributed by atoms with van der Waals surface area (Å²) < 4.78 is 13.0. The van der Waals surface area contributed by atoms with Gasteiger partial charge in [0.1, 0.15) is 11.9 Å². The Bertz CT molecular complexity index is 297. The molecule has 1 rings (SSSR count). The highest BCUT2D eigenvalue weighted by Gasteiger charge is 2.14. The van der Waals surface area contributed by atoms with Gasteiger partial charge in [0.2, 0.25) is 0 Å². The standard InChI is InChI=1S/C10H13FO2/c1-6-3-4-8(5-9(6)11)10(13)7(2)12/h3-5,7,10,12-13H,1-2H3. The first-order valence-corrected chi connectivity index (χ1v) is 4.14. The first-order chi connectivity index (χ1) is 6.02. The average Bonchev–Trinajstić information content (AvgIpc) is 2.08. The third-order valence-corrected chi connectivity index (χ3v) is 1.99. The van der Waals surface area contributed by atoms with Gasteiger partial charge in [-0.2, -0.15) is 0 Å². The average molecular weight is 184 g/mol. The number of halogens is 1. The Morgan fingerprint density at radius 3 is 2.38 bits per heavy atom. The molecule has 0 aromatic heterocycles. The van der Waals surface area contributed by atoms with E-state index in [0.29, 0.717) is 11.1 Å². The topological polar surface area (TPSA) is 40.5 Å². The third-order valence-electron chi connectivity index (χ3n) is 1.99. The van der Waals surface area contributed by atoms with Crippen molar-refractivity contribution < 1.29 is 14.6 Å². The van der Waals surface area contributed by atoms with Crippen LogP contribution in [-0.4, -0.2) is 16.3 Å². The van der Waals surface area contributed by atoms with Gasteiger partial charge in [0.25, 0.3) is 0 Å². The first-order valence-electron chi connectivity index (χ1n) is 4.14. The van der Waals surface area contributed by atoms with Crippen LogP contribution in [0.25, 0.3) is 0 Å². The van der Waals surface area contributed by atoms with Gasteiger partial charge in [-0.15, -0.1) is 0 Å². The Morgan fingerprint density at radius 2 is 1.92 bits per heavy atom. The van der Waals surface area contributed by atoms with Crippen molar-refractivity contribution >= 4 is 0 Å². The lowest BCUT2D eigenvalue weighted by molar-refractivity contribution is 0.0303. The van der Waals surface area contributed by atoms with Gasteiger partial charge in [-0.3, -0.25) is 0 Å². The molecule has 0 aliphatic rings. The molecule has 2 atom stereocenters. The van der Waals surface area contributed by atoms with Gasteiger partial charge in [0, 0.05) is 0 Å². The maximum atomic E-state index is 13.0. The highest BCUT2D eigenvalue weighted by Crippen LogP contribution is 2.19. The van der Waals surface area contributed by atoms with E-state index in [9.17, 15) is 9.50 Å². The molecule has 0 spiro atoms. The molecule has 72 valence electrons. The van der Waals surface area contributed by atoms with Crippen molar-refractivity contribution in [3.8, 4) is 0 Å². The number of hydrogen-bond acceptors (Lipinski definition) is 2. The molecular weight excluding hydrogens is 171 g/mol. The molecule has 2 nitrogen and oxygen atoms in total. The van der Waals surface area contributed by atoms with Crippen LogP contribution in [0, 0.1) is 12.7 Å². The van der Waals surface area contributed by atoms with E-state index >= 15 is 0 Å². The van der Waals surface area contributed by atoms with Crippen LogP contribution >= 0.6 is 0 Å². The smallest absolute Gasteiger partial charge is 0.126 e. The predicted molar refractivity (Wildman–Crippen MR) is 47.8 cm³/mol. The van der Waals surface area contributed by atoms with Crippen LogP contribution in [0.3, 0.4) is 0 Å². The molecule has 2 unspecified atom stereocenters. The highest BCUT2D eigenvalue weighted by molar-refractivity contribution is 5.25. The number of aryl methyl sites for hydroxylation is 1. The summed E-state index contributed by atoms with van der Waals surface area (Å²) in [4.78, 5) is 0. The Kier molecular flexibility index (Phi) is 3.01. The first kappa shape index (κ1) is 10.2. The van der Waals surface area contributed by atoms with Crippen LogP contribution in [0.2, 0.25) is 0 Å². The van der Waals surface area contributed by atoms with Crippen molar-refractivity contribution in [1.29, 1.82) is 0 Å². The Hall–Kier alpha value is -0.930. The van der Waals surface area contributed by atoms with Crippen molar-refractivity contribution in [3.63, 3.8) is 0 Å². The highest BCUT2D eigenvalue weighted by atomic mass is 19.1. The van der Waals surface area contributed by atoms with Gasteiger partial charge >= 0.3 is 0 Å². The fraction of sp³-hybridized carbons (Fsp3) is 0.400. The molecule has 0 saturated heterocycles. The zero-order valence-corrected chi connectivity index (χ0v) is 7.66. The zero-order valence-electron chi connectivity index (χ0n) is 7.66. The van der Waals surface area contributed by atoms with Crippen LogP contribution in [0.1, 0.15) is 24.2 Å². The van der Waals surface area contributed by atoms with E-state index in [1.807, 2.05) is 0 Å². The summed E-state index contributed by atoms with van der Waals surface area (Å²) in [6.07, 6.45) is -1.91. The number of hydrogen-bond donors (Lipinski definition) is 2. The Balaban J connectivity index is 2.97. The second-order valence-corrected chi connectivity index (χ2v) is 3.19. The van der Waals surface area contributed by atoms with Crippen LogP contribution in [0.5, 0.6) is 0 Å². The summed E-state index contributed by atoms with van der Waals surface area (Å²) in [5.41, 5.74) is 0.930. The van der Waals surface area contributed by atoms with Crippen molar-refractivity contribution in [2.75, 3.05) is 0 Å². The third kappa shape index (κ3) is 2.26. The summed E-state index contributed by atoms with van der Waals surface area (Å²) in [7, 11) is 0. The van der Waals surface area contributed by atoms with Crippen LogP contribution in [0.15, 0.2) is 18.2 Å². The fourth-order valence-corrected chi connectivity index (χ4v) is 1.07. The van der Waals surface area contributed by atoms with E-state index in [1.54, 1.807) is 19.1 Å². The summed E-state index contributed by atoms with van der Waals surface area (Å²) in [6, 6.07) is 4.43. The maximum Gasteiger partial charge on any atom is 0.126 e. The molecule has 1 aromatic rings. The minimum Gasteiger partial charge on any atom is -0.390 e. The molecule has 0 fully saturated rings. The summed E-state index contributed by atoms with van der Waals surface area (Å²) in [6.45, 7) is 3.11. The molecule has 0 amide bonds. The van der Waals surface area contributed by atoms with Crippen LogP contribution < -0.4 is 0 Å². The van der Waals surface area contributed by atoms with Gasteiger partial charge in [0.05, 0.1) is 6.10 Å². The van der Waals surface area contributed by atoms with E-state index in [2.05, 4.69) is 0 Å². The normalized spacial score (nSPS) is 15.5. The van der Waals surface area contributed by atoms with Crippen molar-refractivity contribution in [2.45, 2.75) is 26.1 Å². The molecule has 0 bridgehead atoms. The molecule has 0 radical (unpaired) electrons. The minimum atomic E-state index is -1.02. The molecule has 0 aliphatic carbocycles. The Labute approximate surface area is 76.6 Å². The van der Waals surface area contributed by atoms with Crippen LogP contribution in [0.4, 0.5) is 4.39 Å². The minimum absolute atomic E-state index is 0.364. The molecule has 1 aromatic carbocycles. The molecule has 3 heteroatoms. The van der Waals surface area contributed by atoms with E-state index in [4.69, 9.17) is 5.11 Å². The molecule has 0 aliphatic heterocycles. The van der Waals surface area contributed by atoms with Crippen molar-refractivity contribution in [3.05, 3.63) is 35.1 Å². The summed E-state index contributed by atoms with van der Waals surface area (Å²) >= 11 is 0. The monoisotopic (exact) mass is 184 g/mol. The quantitative estimate of drug-likeness (QED) is 0.732. The zero-order chi connectivity index (χ0) is 10.0. The predicted octanol–water partition coefficient (Wildman–Crippen LogP) is 1.55. The summed E-state index contributed by atoms with van der Waals surface area (Å²) in [5.74, 6) is -0.364. The van der Waals surface area contributed by atoms with Crippen molar-refractivity contribution in [1.82, 2.24) is 0 Å². The van der Waals surface area contributed by atoms with Crippen molar-refractivity contribution in [2.24, 2.45) is 0 Å². The van der Waals surface area contributed by atoms with E-state index in [-0.39, 0.29) is 5.82 Å². The molecular formula is C10H13FO2. The lowest BCUT2D eigenvalue weighted by atomic mass is 10.0. The van der Waals surface area contributed by atoms with E-state index in [1.165, 1.54) is 13.0 Å². The summed E-state index contributed by atoms with van der Waals surface area (Å²) in [5, 5.41) is 18.5. The van der Waals surface area contributed by atoms with E-state index < -0.39 is 12.2 Å². The molecule has 13 heavy (non-hydrogen) atoms. The second-order valence-electron chi connectivity index (χ2n) is 3.19. The fourth-order valence-electron chi connectivity index (χ4n) is 1.07. The second kappa shape index (κ2) is 3.85. The lowest BCUT2D eigenvalue weighted by Gasteiger charge is -2.14. The number of aliphatic hydroxyl groups is 2. The molecule has 0 heterocycles.